The molecule has 59 heavy (non-hydrogen) atoms. The number of benzene rings is 8. The van der Waals surface area contributed by atoms with Gasteiger partial charge in [-0.2, -0.15) is 0 Å². The molecule has 0 saturated heterocycles. The molecule has 0 bridgehead atoms. The molecule has 6 heteroatoms. The van der Waals surface area contributed by atoms with E-state index in [4.69, 9.17) is 9.15 Å². The molecule has 0 atom stereocenters. The minimum Gasteiger partial charge on any atom is -0.456 e. The highest BCUT2D eigenvalue weighted by Gasteiger charge is 2.21. The zero-order valence-corrected chi connectivity index (χ0v) is 31.6. The van der Waals surface area contributed by atoms with E-state index in [9.17, 15) is 0 Å². The number of pyridine rings is 1. The van der Waals surface area contributed by atoms with E-state index in [0.29, 0.717) is 0 Å². The Hall–Kier alpha value is -8.09. The summed E-state index contributed by atoms with van der Waals surface area (Å²) in [5.74, 6) is 1.61. The molecular weight excluding hydrogens is 725 g/mol. The zero-order chi connectivity index (χ0) is 38.6. The number of fused-ring (bicyclic) bond motifs is 12. The maximum atomic E-state index is 7.16. The highest BCUT2D eigenvalue weighted by Crippen LogP contribution is 2.44. The van der Waals surface area contributed by atoms with Crippen LogP contribution in [0.3, 0.4) is 0 Å². The second kappa shape index (κ2) is 12.2. The van der Waals surface area contributed by atoms with E-state index < -0.39 is 0 Å². The molecule has 0 aliphatic heterocycles. The molecular formula is C53H32N4O2. The van der Waals surface area contributed by atoms with Gasteiger partial charge in [-0.25, -0.2) is 0 Å². The third kappa shape index (κ3) is 4.59. The van der Waals surface area contributed by atoms with Crippen molar-refractivity contribution in [3.8, 4) is 28.6 Å². The summed E-state index contributed by atoms with van der Waals surface area (Å²) in [6.45, 7) is 0. The van der Waals surface area contributed by atoms with Gasteiger partial charge in [0.2, 0.25) is 0 Å². The normalized spacial score (nSPS) is 12.1. The third-order valence-corrected chi connectivity index (χ3v) is 12.0. The quantitative estimate of drug-likeness (QED) is 0.176. The van der Waals surface area contributed by atoms with Crippen molar-refractivity contribution in [3.63, 3.8) is 0 Å². The van der Waals surface area contributed by atoms with E-state index in [1.54, 1.807) is 0 Å². The van der Waals surface area contributed by atoms with E-state index in [2.05, 4.69) is 189 Å². The largest absolute Gasteiger partial charge is 0.456 e. The Balaban J connectivity index is 0.996. The standard InChI is InChI=1S/C53H32N4O2/c1-2-12-33(13-3-1)55-44-26-24-34(30-39(44)41-32-54-29-28-45(41)55)56-42-17-7-4-15-37(42)52-46(56)19-10-22-50(52)59-51-23-11-20-47-53(51)38-16-5-8-18-43(38)57(47)35-25-27-49-40(31-35)36-14-6-9-21-48(36)58-49/h1-32H. The van der Waals surface area contributed by atoms with Gasteiger partial charge in [0.25, 0.3) is 0 Å². The number of nitrogens with zero attached hydrogens (tertiary/aromatic N) is 4. The number of para-hydroxylation sites is 4. The number of furan rings is 1. The Kier molecular flexibility index (Phi) is 6.63. The highest BCUT2D eigenvalue weighted by molar-refractivity contribution is 6.16. The molecule has 5 aromatic heterocycles. The molecule has 13 aromatic rings. The molecule has 5 heterocycles. The molecule has 0 aliphatic rings. The molecule has 276 valence electrons. The van der Waals surface area contributed by atoms with Gasteiger partial charge in [-0.1, -0.05) is 84.9 Å². The summed E-state index contributed by atoms with van der Waals surface area (Å²) in [5.41, 5.74) is 11.7. The zero-order valence-electron chi connectivity index (χ0n) is 31.6. The number of ether oxygens (including phenoxy) is 1. The first-order valence-electron chi connectivity index (χ1n) is 19.9. The minimum absolute atomic E-state index is 0.805. The van der Waals surface area contributed by atoms with Gasteiger partial charge in [0.1, 0.15) is 22.7 Å². The second-order valence-electron chi connectivity index (χ2n) is 15.2. The molecule has 8 aromatic carbocycles. The SMILES string of the molecule is c1ccc(-n2c3ccncc3c3cc(-n4c5ccccc5c5c(Oc6cccc7c6c6ccccc6n7-c6ccc7oc8ccccc8c7c6)cccc54)ccc32)cc1. The maximum absolute atomic E-state index is 7.16. The second-order valence-corrected chi connectivity index (χ2v) is 15.2. The van der Waals surface area contributed by atoms with Gasteiger partial charge in [0.05, 0.1) is 43.9 Å². The molecule has 6 nitrogen and oxygen atoms in total. The molecule has 13 rings (SSSR count). The lowest BCUT2D eigenvalue weighted by Crippen LogP contribution is -1.95. The van der Waals surface area contributed by atoms with Gasteiger partial charge in [-0.15, -0.1) is 0 Å². The van der Waals surface area contributed by atoms with E-state index in [1.807, 2.05) is 24.5 Å². The van der Waals surface area contributed by atoms with Crippen molar-refractivity contribution in [2.75, 3.05) is 0 Å². The predicted molar refractivity (Wildman–Crippen MR) is 241 cm³/mol. The monoisotopic (exact) mass is 756 g/mol. The van der Waals surface area contributed by atoms with Gasteiger partial charge < -0.3 is 22.9 Å². The van der Waals surface area contributed by atoms with Crippen LogP contribution >= 0.6 is 0 Å². The lowest BCUT2D eigenvalue weighted by Gasteiger charge is -2.12. The van der Waals surface area contributed by atoms with Crippen LogP contribution in [0.4, 0.5) is 0 Å². The summed E-state index contributed by atoms with van der Waals surface area (Å²) in [5, 5.41) is 8.85. The number of aromatic nitrogens is 4. The van der Waals surface area contributed by atoms with E-state index in [0.717, 1.165) is 116 Å². The van der Waals surface area contributed by atoms with Crippen LogP contribution in [0.15, 0.2) is 199 Å². The molecule has 0 aliphatic carbocycles. The summed E-state index contributed by atoms with van der Waals surface area (Å²) in [6, 6.07) is 64.1. The maximum Gasteiger partial charge on any atom is 0.137 e. The third-order valence-electron chi connectivity index (χ3n) is 12.0. The summed E-state index contributed by atoms with van der Waals surface area (Å²) >= 11 is 0. The summed E-state index contributed by atoms with van der Waals surface area (Å²) in [6.07, 6.45) is 3.85. The predicted octanol–water partition coefficient (Wildman–Crippen LogP) is 14.1. The van der Waals surface area contributed by atoms with Crippen LogP contribution in [0.1, 0.15) is 0 Å². The first kappa shape index (κ1) is 32.0. The minimum atomic E-state index is 0.805. The van der Waals surface area contributed by atoms with E-state index >= 15 is 0 Å². The molecule has 0 saturated carbocycles. The van der Waals surface area contributed by atoms with Crippen LogP contribution in [0, 0.1) is 0 Å². The van der Waals surface area contributed by atoms with Crippen LogP contribution in [0.25, 0.3) is 104 Å². The van der Waals surface area contributed by atoms with Crippen LogP contribution in [0.5, 0.6) is 11.5 Å². The van der Waals surface area contributed by atoms with Crippen molar-refractivity contribution in [2.45, 2.75) is 0 Å². The summed E-state index contributed by atoms with van der Waals surface area (Å²) < 4.78 is 20.4. The van der Waals surface area contributed by atoms with Gasteiger partial charge in [-0.05, 0) is 97.1 Å². The van der Waals surface area contributed by atoms with Crippen molar-refractivity contribution < 1.29 is 9.15 Å². The highest BCUT2D eigenvalue weighted by atomic mass is 16.5. The fraction of sp³-hybridized carbons (Fsp3) is 0. The molecule has 0 spiro atoms. The van der Waals surface area contributed by atoms with Crippen LogP contribution in [0.2, 0.25) is 0 Å². The van der Waals surface area contributed by atoms with Crippen molar-refractivity contribution in [1.29, 1.82) is 0 Å². The Bertz CT molecular complexity index is 3830. The summed E-state index contributed by atoms with van der Waals surface area (Å²) in [4.78, 5) is 4.55. The van der Waals surface area contributed by atoms with Gasteiger partial charge in [0.15, 0.2) is 0 Å². The van der Waals surface area contributed by atoms with Crippen molar-refractivity contribution >= 4 is 87.4 Å². The topological polar surface area (TPSA) is 50.0 Å². The molecule has 0 fully saturated rings. The van der Waals surface area contributed by atoms with Crippen molar-refractivity contribution in [3.05, 3.63) is 194 Å². The number of rotatable bonds is 5. The first-order valence-corrected chi connectivity index (χ1v) is 19.9. The summed E-state index contributed by atoms with van der Waals surface area (Å²) in [7, 11) is 0. The molecule has 0 unspecified atom stereocenters. The van der Waals surface area contributed by atoms with E-state index in [1.165, 1.54) is 0 Å². The number of hydrogen-bond acceptors (Lipinski definition) is 3. The van der Waals surface area contributed by atoms with Crippen molar-refractivity contribution in [1.82, 2.24) is 18.7 Å². The Morgan fingerprint density at radius 1 is 0.356 bits per heavy atom. The smallest absolute Gasteiger partial charge is 0.137 e. The lowest BCUT2D eigenvalue weighted by molar-refractivity contribution is 0.495. The van der Waals surface area contributed by atoms with Gasteiger partial charge in [0, 0.05) is 61.8 Å². The first-order chi connectivity index (χ1) is 29.3. The molecule has 0 radical (unpaired) electrons. The molecule has 0 amide bonds. The average Bonchev–Trinajstić information content (AvgIpc) is 4.03. The average molecular weight is 757 g/mol. The van der Waals surface area contributed by atoms with Crippen molar-refractivity contribution in [2.24, 2.45) is 0 Å². The fourth-order valence-electron chi connectivity index (χ4n) is 9.52. The van der Waals surface area contributed by atoms with Crippen LogP contribution in [-0.2, 0) is 0 Å². The van der Waals surface area contributed by atoms with Gasteiger partial charge in [-0.3, -0.25) is 4.98 Å². The Morgan fingerprint density at radius 2 is 0.881 bits per heavy atom. The van der Waals surface area contributed by atoms with Crippen LogP contribution < -0.4 is 4.74 Å². The van der Waals surface area contributed by atoms with E-state index in [-0.39, 0.29) is 0 Å². The van der Waals surface area contributed by atoms with Crippen LogP contribution in [-0.4, -0.2) is 18.7 Å². The Labute approximate surface area is 336 Å². The fourth-order valence-corrected chi connectivity index (χ4v) is 9.52. The Morgan fingerprint density at radius 3 is 1.59 bits per heavy atom. The molecule has 0 N–H and O–H groups in total. The lowest BCUT2D eigenvalue weighted by atomic mass is 10.1. The number of hydrogen-bond donors (Lipinski definition) is 0. The van der Waals surface area contributed by atoms with Gasteiger partial charge >= 0.3 is 0 Å².